The van der Waals surface area contributed by atoms with Crippen molar-refractivity contribution in [1.82, 2.24) is 20.9 Å². The molecular weight excluding hydrogens is 416 g/mol. The number of aryl methyl sites for hydroxylation is 1. The van der Waals surface area contributed by atoms with Crippen LogP contribution in [0.4, 0.5) is 14.6 Å². The number of nitrogens with two attached hydrogens (primary N) is 1. The van der Waals surface area contributed by atoms with Crippen LogP contribution >= 0.6 is 0 Å². The molecule has 4 rings (SSSR count). The van der Waals surface area contributed by atoms with Crippen LogP contribution in [-0.2, 0) is 16.0 Å². The van der Waals surface area contributed by atoms with E-state index in [2.05, 4.69) is 20.9 Å². The molecule has 1 saturated heterocycles. The van der Waals surface area contributed by atoms with Crippen LogP contribution in [0.5, 0.6) is 0 Å². The summed E-state index contributed by atoms with van der Waals surface area (Å²) in [5, 5.41) is 8.81. The molecule has 1 aromatic carbocycles. The van der Waals surface area contributed by atoms with Gasteiger partial charge in [-0.05, 0) is 68.3 Å². The van der Waals surface area contributed by atoms with Crippen LogP contribution in [0.1, 0.15) is 55.0 Å². The Balaban J connectivity index is 1.34. The molecule has 0 saturated carbocycles. The van der Waals surface area contributed by atoms with Gasteiger partial charge in [-0.1, -0.05) is 18.2 Å². The molecule has 2 amide bonds. The number of pyridine rings is 1. The minimum atomic E-state index is -0.890. The van der Waals surface area contributed by atoms with E-state index < -0.39 is 23.7 Å². The number of nitrogens with one attached hydrogen (secondary N) is 3. The first-order chi connectivity index (χ1) is 15.3. The van der Waals surface area contributed by atoms with E-state index >= 15 is 0 Å². The number of nitrogens with zero attached hydrogens (tertiary/aromatic N) is 1. The van der Waals surface area contributed by atoms with Gasteiger partial charge in [0.25, 0.3) is 0 Å². The Labute approximate surface area is 185 Å². The zero-order valence-electron chi connectivity index (χ0n) is 17.8. The highest BCUT2D eigenvalue weighted by atomic mass is 19.2. The second kappa shape index (κ2) is 9.20. The molecule has 1 fully saturated rings. The third-order valence-electron chi connectivity index (χ3n) is 6.29. The molecule has 1 aromatic heterocycles. The quantitative estimate of drug-likeness (QED) is 0.566. The van der Waals surface area contributed by atoms with E-state index in [1.807, 2.05) is 6.07 Å². The molecular formula is C23H27F2N5O2. The van der Waals surface area contributed by atoms with Gasteiger partial charge in [-0.15, -0.1) is 0 Å². The summed E-state index contributed by atoms with van der Waals surface area (Å²) in [7, 11) is 0. The molecule has 1 aliphatic heterocycles. The molecule has 9 heteroatoms. The van der Waals surface area contributed by atoms with Gasteiger partial charge in [-0.2, -0.15) is 0 Å². The molecule has 0 spiro atoms. The van der Waals surface area contributed by atoms with Gasteiger partial charge in [-0.25, -0.2) is 13.8 Å². The summed E-state index contributed by atoms with van der Waals surface area (Å²) < 4.78 is 27.8. The van der Waals surface area contributed by atoms with Crippen molar-refractivity contribution >= 4 is 17.6 Å². The monoisotopic (exact) mass is 443 g/mol. The molecule has 2 heterocycles. The Morgan fingerprint density at radius 1 is 1.19 bits per heavy atom. The molecule has 4 atom stereocenters. The second-order valence-corrected chi connectivity index (χ2v) is 8.47. The molecule has 0 bridgehead atoms. The number of hydrogen-bond donors (Lipinski definition) is 4. The van der Waals surface area contributed by atoms with E-state index in [1.54, 1.807) is 19.1 Å². The molecule has 7 nitrogen and oxygen atoms in total. The standard InChI is InChI=1S/C23H27F2N5O2/c1-12(22(31)30-18-7-6-17-15(18)5-8-20(26)29-17)28-23(32)19-11-13(9-10-27-19)14-3-2-4-16(24)21(14)25/h2-5,8,12-13,18-19,27H,6-7,9-11H2,1H3,(H2,26,29)(H,28,32)(H,30,31)/t12-,13-,18?,19+/m0/s1. The van der Waals surface area contributed by atoms with Gasteiger partial charge >= 0.3 is 0 Å². The number of carbonyl (C=O) groups is 2. The van der Waals surface area contributed by atoms with E-state index in [0.29, 0.717) is 25.2 Å². The number of hydrogen-bond acceptors (Lipinski definition) is 5. The minimum Gasteiger partial charge on any atom is -0.384 e. The van der Waals surface area contributed by atoms with Crippen LogP contribution in [0.15, 0.2) is 30.3 Å². The first-order valence-corrected chi connectivity index (χ1v) is 10.9. The Morgan fingerprint density at radius 2 is 2.00 bits per heavy atom. The fourth-order valence-corrected chi connectivity index (χ4v) is 4.54. The highest BCUT2D eigenvalue weighted by Crippen LogP contribution is 2.31. The van der Waals surface area contributed by atoms with Crippen molar-refractivity contribution in [2.75, 3.05) is 12.3 Å². The summed E-state index contributed by atoms with van der Waals surface area (Å²) in [6.07, 6.45) is 2.38. The zero-order chi connectivity index (χ0) is 22.8. The van der Waals surface area contributed by atoms with Crippen LogP contribution in [0.3, 0.4) is 0 Å². The van der Waals surface area contributed by atoms with Gasteiger partial charge in [0.2, 0.25) is 11.8 Å². The predicted molar refractivity (Wildman–Crippen MR) is 116 cm³/mol. The number of piperidine rings is 1. The highest BCUT2D eigenvalue weighted by Gasteiger charge is 2.32. The topological polar surface area (TPSA) is 109 Å². The minimum absolute atomic E-state index is 0.168. The van der Waals surface area contributed by atoms with E-state index in [-0.39, 0.29) is 29.3 Å². The summed E-state index contributed by atoms with van der Waals surface area (Å²) in [6, 6.07) is 6.19. The SMILES string of the molecule is C[C@H](NC(=O)[C@H]1C[C@@H](c2cccc(F)c2F)CCN1)C(=O)NC1CCc2nc(N)ccc21. The second-order valence-electron chi connectivity index (χ2n) is 8.47. The number of benzene rings is 1. The van der Waals surface area contributed by atoms with Crippen molar-refractivity contribution in [1.29, 1.82) is 0 Å². The summed E-state index contributed by atoms with van der Waals surface area (Å²) in [5.41, 5.74) is 7.83. The van der Waals surface area contributed by atoms with Gasteiger partial charge in [0, 0.05) is 5.69 Å². The number of aromatic nitrogens is 1. The van der Waals surface area contributed by atoms with Gasteiger partial charge in [-0.3, -0.25) is 9.59 Å². The van der Waals surface area contributed by atoms with Crippen LogP contribution in [0.2, 0.25) is 0 Å². The van der Waals surface area contributed by atoms with Gasteiger partial charge in [0.05, 0.1) is 12.1 Å². The van der Waals surface area contributed by atoms with Crippen LogP contribution in [-0.4, -0.2) is 35.4 Å². The Kier molecular flexibility index (Phi) is 6.36. The van der Waals surface area contributed by atoms with Crippen molar-refractivity contribution in [3.05, 3.63) is 58.8 Å². The normalized spacial score (nSPS) is 23.3. The third kappa shape index (κ3) is 4.57. The molecule has 32 heavy (non-hydrogen) atoms. The summed E-state index contributed by atoms with van der Waals surface area (Å²) in [5.74, 6) is -2.21. The van der Waals surface area contributed by atoms with E-state index in [1.165, 1.54) is 6.07 Å². The lowest BCUT2D eigenvalue weighted by Crippen LogP contribution is -2.53. The van der Waals surface area contributed by atoms with Crippen LogP contribution in [0.25, 0.3) is 0 Å². The fourth-order valence-electron chi connectivity index (χ4n) is 4.54. The fraction of sp³-hybridized carbons (Fsp3) is 0.435. The van der Waals surface area contributed by atoms with E-state index in [9.17, 15) is 18.4 Å². The molecule has 0 radical (unpaired) electrons. The molecule has 1 unspecified atom stereocenters. The zero-order valence-corrected chi connectivity index (χ0v) is 17.8. The number of amides is 2. The number of rotatable bonds is 5. The average molecular weight is 443 g/mol. The average Bonchev–Trinajstić information content (AvgIpc) is 3.17. The largest absolute Gasteiger partial charge is 0.384 e. The van der Waals surface area contributed by atoms with Crippen molar-refractivity contribution in [2.24, 2.45) is 0 Å². The van der Waals surface area contributed by atoms with Gasteiger partial charge in [0.1, 0.15) is 11.9 Å². The predicted octanol–water partition coefficient (Wildman–Crippen LogP) is 2.09. The summed E-state index contributed by atoms with van der Waals surface area (Å²) >= 11 is 0. The van der Waals surface area contributed by atoms with Crippen molar-refractivity contribution in [2.45, 2.75) is 56.7 Å². The summed E-state index contributed by atoms with van der Waals surface area (Å²) in [6.45, 7) is 2.12. The number of anilines is 1. The van der Waals surface area contributed by atoms with Crippen LogP contribution in [0, 0.1) is 11.6 Å². The maximum atomic E-state index is 14.2. The van der Waals surface area contributed by atoms with Gasteiger partial charge in [0.15, 0.2) is 11.6 Å². The van der Waals surface area contributed by atoms with Gasteiger partial charge < -0.3 is 21.7 Å². The highest BCUT2D eigenvalue weighted by molar-refractivity contribution is 5.89. The first kappa shape index (κ1) is 22.1. The lowest BCUT2D eigenvalue weighted by Gasteiger charge is -2.31. The van der Waals surface area contributed by atoms with E-state index in [4.69, 9.17) is 5.73 Å². The Bertz CT molecular complexity index is 1030. The number of nitrogen functional groups attached to an aromatic ring is 1. The lowest BCUT2D eigenvalue weighted by atomic mass is 9.85. The first-order valence-electron chi connectivity index (χ1n) is 10.9. The van der Waals surface area contributed by atoms with Crippen molar-refractivity contribution in [3.63, 3.8) is 0 Å². The Hall–Kier alpha value is -3.07. The smallest absolute Gasteiger partial charge is 0.242 e. The van der Waals surface area contributed by atoms with Crippen molar-refractivity contribution < 1.29 is 18.4 Å². The number of carbonyl (C=O) groups excluding carboxylic acids is 2. The molecule has 1 aliphatic carbocycles. The van der Waals surface area contributed by atoms with E-state index in [0.717, 1.165) is 30.2 Å². The van der Waals surface area contributed by atoms with Crippen molar-refractivity contribution in [3.8, 4) is 0 Å². The molecule has 170 valence electrons. The Morgan fingerprint density at radius 3 is 2.81 bits per heavy atom. The number of fused-ring (bicyclic) bond motifs is 1. The lowest BCUT2D eigenvalue weighted by molar-refractivity contribution is -0.130. The number of halogens is 2. The molecule has 2 aliphatic rings. The summed E-state index contributed by atoms with van der Waals surface area (Å²) in [4.78, 5) is 29.8. The molecule has 2 aromatic rings. The van der Waals surface area contributed by atoms with Crippen LogP contribution < -0.4 is 21.7 Å². The maximum Gasteiger partial charge on any atom is 0.242 e. The third-order valence-corrected chi connectivity index (χ3v) is 6.29. The maximum absolute atomic E-state index is 14.2. The molecule has 5 N–H and O–H groups in total.